The van der Waals surface area contributed by atoms with Gasteiger partial charge in [0.1, 0.15) is 6.61 Å². The highest BCUT2D eigenvalue weighted by atomic mass is 35.5. The van der Waals surface area contributed by atoms with E-state index < -0.39 is 10.0 Å². The number of carbonyl (C=O) groups excluding carboxylic acids is 2. The van der Waals surface area contributed by atoms with Crippen LogP contribution in [0.2, 0.25) is 5.02 Å². The minimum atomic E-state index is -3.68. The summed E-state index contributed by atoms with van der Waals surface area (Å²) >= 11 is 7.91. The lowest BCUT2D eigenvalue weighted by Gasteiger charge is -2.30. The van der Waals surface area contributed by atoms with Crippen LogP contribution < -0.4 is 0 Å². The second-order valence-electron chi connectivity index (χ2n) is 7.70. The van der Waals surface area contributed by atoms with Crippen molar-refractivity contribution < 1.29 is 22.7 Å². The maximum atomic E-state index is 12.9. The molecule has 3 aromatic rings. The number of benzene rings is 2. The van der Waals surface area contributed by atoms with E-state index in [0.717, 1.165) is 15.0 Å². The molecule has 32 heavy (non-hydrogen) atoms. The van der Waals surface area contributed by atoms with Gasteiger partial charge in [0.25, 0.3) is 0 Å². The van der Waals surface area contributed by atoms with Crippen LogP contribution in [0, 0.1) is 5.92 Å². The molecule has 1 aliphatic rings. The van der Waals surface area contributed by atoms with Gasteiger partial charge in [0.15, 0.2) is 5.78 Å². The molecule has 0 bridgehead atoms. The number of Topliss-reactive ketones (excluding diaryl/α,β-unsaturated/α-hetero) is 1. The van der Waals surface area contributed by atoms with E-state index in [1.807, 2.05) is 24.3 Å². The van der Waals surface area contributed by atoms with E-state index in [9.17, 15) is 18.0 Å². The summed E-state index contributed by atoms with van der Waals surface area (Å²) in [6.45, 7) is 2.01. The minimum absolute atomic E-state index is 0.109. The highest BCUT2D eigenvalue weighted by Gasteiger charge is 2.33. The van der Waals surface area contributed by atoms with Crippen molar-refractivity contribution in [3.63, 3.8) is 0 Å². The van der Waals surface area contributed by atoms with Crippen LogP contribution in [0.25, 0.3) is 10.1 Å². The number of fused-ring (bicyclic) bond motifs is 1. The standard InChI is InChI=1S/C23H22ClNO5S2/c1-15(26)16-6-8-18(9-7-16)32(28,29)25-12-10-17(11-13-25)23(27)30-14-21-22(24)19-4-2-3-5-20(19)31-21/h2-9,17H,10-14H2,1H3. The Kier molecular flexibility index (Phi) is 6.67. The van der Waals surface area contributed by atoms with E-state index in [0.29, 0.717) is 23.4 Å². The lowest BCUT2D eigenvalue weighted by Crippen LogP contribution is -2.40. The summed E-state index contributed by atoms with van der Waals surface area (Å²) in [5.41, 5.74) is 0.462. The predicted octanol–water partition coefficient (Wildman–Crippen LogP) is 4.90. The molecule has 0 radical (unpaired) electrons. The largest absolute Gasteiger partial charge is 0.460 e. The van der Waals surface area contributed by atoms with E-state index in [4.69, 9.17) is 16.3 Å². The molecule has 168 valence electrons. The number of ether oxygens (including phenoxy) is 1. The van der Waals surface area contributed by atoms with E-state index >= 15 is 0 Å². The molecule has 1 fully saturated rings. The van der Waals surface area contributed by atoms with Crippen molar-refractivity contribution in [2.75, 3.05) is 13.1 Å². The summed E-state index contributed by atoms with van der Waals surface area (Å²) in [5.74, 6) is -0.804. The first-order valence-corrected chi connectivity index (χ1v) is 12.8. The predicted molar refractivity (Wildman–Crippen MR) is 125 cm³/mol. The molecule has 9 heteroatoms. The number of rotatable bonds is 6. The van der Waals surface area contributed by atoms with Crippen LogP contribution in [-0.4, -0.2) is 37.6 Å². The molecule has 0 saturated carbocycles. The van der Waals surface area contributed by atoms with Crippen LogP contribution in [0.3, 0.4) is 0 Å². The van der Waals surface area contributed by atoms with Crippen molar-refractivity contribution >= 4 is 54.8 Å². The Bertz CT molecular complexity index is 1260. The van der Waals surface area contributed by atoms with Gasteiger partial charge in [-0.25, -0.2) is 8.42 Å². The summed E-state index contributed by atoms with van der Waals surface area (Å²) in [6, 6.07) is 13.7. The van der Waals surface area contributed by atoms with Gasteiger partial charge >= 0.3 is 5.97 Å². The van der Waals surface area contributed by atoms with Gasteiger partial charge in [0, 0.05) is 28.7 Å². The SMILES string of the molecule is CC(=O)c1ccc(S(=O)(=O)N2CCC(C(=O)OCc3sc4ccccc4c3Cl)CC2)cc1. The molecular weight excluding hydrogens is 470 g/mol. The van der Waals surface area contributed by atoms with Gasteiger partial charge in [0.05, 0.1) is 20.7 Å². The Balaban J connectivity index is 1.34. The van der Waals surface area contributed by atoms with Crippen LogP contribution in [0.15, 0.2) is 53.4 Å². The fraction of sp³-hybridized carbons (Fsp3) is 0.304. The third kappa shape index (κ3) is 4.59. The van der Waals surface area contributed by atoms with Gasteiger partial charge in [0.2, 0.25) is 10.0 Å². The molecule has 0 spiro atoms. The molecule has 2 heterocycles. The van der Waals surface area contributed by atoms with E-state index in [2.05, 4.69) is 0 Å². The molecule has 0 amide bonds. The summed E-state index contributed by atoms with van der Waals surface area (Å²) in [7, 11) is -3.68. The molecule has 6 nitrogen and oxygen atoms in total. The zero-order valence-electron chi connectivity index (χ0n) is 17.4. The highest BCUT2D eigenvalue weighted by molar-refractivity contribution is 7.89. The van der Waals surface area contributed by atoms with Gasteiger partial charge in [-0.3, -0.25) is 9.59 Å². The second kappa shape index (κ2) is 9.31. The second-order valence-corrected chi connectivity index (χ2v) is 11.2. The van der Waals surface area contributed by atoms with Crippen LogP contribution >= 0.6 is 22.9 Å². The third-order valence-corrected chi connectivity index (χ3v) is 9.23. The normalized spacial score (nSPS) is 15.7. The molecule has 0 N–H and O–H groups in total. The Morgan fingerprint density at radius 2 is 1.75 bits per heavy atom. The first-order valence-electron chi connectivity index (χ1n) is 10.2. The smallest absolute Gasteiger partial charge is 0.309 e. The van der Waals surface area contributed by atoms with Gasteiger partial charge < -0.3 is 4.74 Å². The molecule has 1 aliphatic heterocycles. The summed E-state index contributed by atoms with van der Waals surface area (Å²) in [6.07, 6.45) is 0.785. The summed E-state index contributed by atoms with van der Waals surface area (Å²) < 4.78 is 33.7. The zero-order chi connectivity index (χ0) is 22.9. The molecule has 0 atom stereocenters. The first kappa shape index (κ1) is 22.9. The number of piperidine rings is 1. The van der Waals surface area contributed by atoms with E-state index in [-0.39, 0.29) is 42.3 Å². The fourth-order valence-electron chi connectivity index (χ4n) is 3.75. The number of nitrogens with zero attached hydrogens (tertiary/aromatic N) is 1. The summed E-state index contributed by atoms with van der Waals surface area (Å²) in [4.78, 5) is 24.9. The van der Waals surface area contributed by atoms with Crippen LogP contribution in [-0.2, 0) is 26.2 Å². The van der Waals surface area contributed by atoms with Crippen LogP contribution in [0.1, 0.15) is 35.0 Å². The van der Waals surface area contributed by atoms with Crippen molar-refractivity contribution in [2.45, 2.75) is 31.3 Å². The molecule has 1 aromatic heterocycles. The lowest BCUT2D eigenvalue weighted by molar-refractivity contribution is -0.151. The Hall–Kier alpha value is -2.26. The molecule has 0 unspecified atom stereocenters. The van der Waals surface area contributed by atoms with Gasteiger partial charge in [-0.1, -0.05) is 41.9 Å². The average Bonchev–Trinajstić information content (AvgIpc) is 3.13. The highest BCUT2D eigenvalue weighted by Crippen LogP contribution is 2.36. The average molecular weight is 492 g/mol. The molecular formula is C23H22ClNO5S2. The fourth-order valence-corrected chi connectivity index (χ4v) is 6.62. The quantitative estimate of drug-likeness (QED) is 0.362. The zero-order valence-corrected chi connectivity index (χ0v) is 19.8. The molecule has 4 rings (SSSR count). The van der Waals surface area contributed by atoms with Crippen molar-refractivity contribution in [2.24, 2.45) is 5.92 Å². The van der Waals surface area contributed by atoms with Crippen molar-refractivity contribution in [1.29, 1.82) is 0 Å². The Labute approximate surface area is 195 Å². The number of halogens is 1. The Morgan fingerprint density at radius 3 is 2.38 bits per heavy atom. The molecule has 0 aliphatic carbocycles. The lowest BCUT2D eigenvalue weighted by atomic mass is 9.98. The number of hydrogen-bond acceptors (Lipinski definition) is 6. The summed E-state index contributed by atoms with van der Waals surface area (Å²) in [5, 5.41) is 1.55. The minimum Gasteiger partial charge on any atom is -0.460 e. The molecule has 2 aromatic carbocycles. The van der Waals surface area contributed by atoms with Crippen molar-refractivity contribution in [3.8, 4) is 0 Å². The Morgan fingerprint density at radius 1 is 1.09 bits per heavy atom. The number of hydrogen-bond donors (Lipinski definition) is 0. The van der Waals surface area contributed by atoms with E-state index in [1.54, 1.807) is 0 Å². The van der Waals surface area contributed by atoms with Gasteiger partial charge in [-0.05, 0) is 38.0 Å². The topological polar surface area (TPSA) is 80.8 Å². The number of carbonyl (C=O) groups is 2. The van der Waals surface area contributed by atoms with Gasteiger partial charge in [-0.15, -0.1) is 11.3 Å². The number of sulfonamides is 1. The van der Waals surface area contributed by atoms with Crippen molar-refractivity contribution in [3.05, 3.63) is 64.0 Å². The number of esters is 1. The van der Waals surface area contributed by atoms with Gasteiger partial charge in [-0.2, -0.15) is 4.31 Å². The van der Waals surface area contributed by atoms with Crippen LogP contribution in [0.4, 0.5) is 0 Å². The number of thiophene rings is 1. The van der Waals surface area contributed by atoms with Crippen molar-refractivity contribution in [1.82, 2.24) is 4.31 Å². The van der Waals surface area contributed by atoms with Crippen LogP contribution in [0.5, 0.6) is 0 Å². The monoisotopic (exact) mass is 491 g/mol. The first-order chi connectivity index (χ1) is 15.3. The third-order valence-electron chi connectivity index (χ3n) is 5.63. The maximum absolute atomic E-state index is 12.9. The maximum Gasteiger partial charge on any atom is 0.309 e. The molecule has 1 saturated heterocycles. The number of ketones is 1. The van der Waals surface area contributed by atoms with E-state index in [1.165, 1.54) is 46.8 Å².